The van der Waals surface area contributed by atoms with Gasteiger partial charge in [-0.05, 0) is 166 Å². The average molecular weight is 1630 g/mol. The van der Waals surface area contributed by atoms with Crippen LogP contribution >= 0.6 is 0 Å². The number of imidazole rings is 2. The number of nitriles is 2. The number of amides is 1. The van der Waals surface area contributed by atoms with Crippen molar-refractivity contribution in [1.82, 2.24) is 98.8 Å². The van der Waals surface area contributed by atoms with Crippen LogP contribution in [-0.4, -0.2) is 234 Å². The van der Waals surface area contributed by atoms with Crippen LogP contribution in [0, 0.1) is 42.5 Å². The van der Waals surface area contributed by atoms with Crippen molar-refractivity contribution < 1.29 is 27.9 Å². The smallest absolute Gasteiger partial charge is 0.358 e. The lowest BCUT2D eigenvalue weighted by molar-refractivity contribution is 0.0691. The number of carbonyl (C=O) groups is 2. The summed E-state index contributed by atoms with van der Waals surface area (Å²) >= 11 is 0. The minimum absolute atomic E-state index is 0. The fourth-order valence-corrected chi connectivity index (χ4v) is 17.4. The number of carboxylic acid groups (broad SMARTS) is 1. The summed E-state index contributed by atoms with van der Waals surface area (Å²) in [5.41, 5.74) is 25.9. The van der Waals surface area contributed by atoms with E-state index in [9.17, 15) is 19.1 Å². The normalized spacial score (nSPS) is 20.7. The van der Waals surface area contributed by atoms with Crippen molar-refractivity contribution in [3.05, 3.63) is 198 Å². The Kier molecular flexibility index (Phi) is 26.8. The molecule has 8 aliphatic rings. The molecule has 12 aromatic rings. The number of hydrogen-bond acceptors (Lipinski definition) is 29. The quantitative estimate of drug-likeness (QED) is 0.0620. The van der Waals surface area contributed by atoms with Crippen molar-refractivity contribution >= 4 is 52.3 Å². The number of oxazole rings is 2. The second-order valence-electron chi connectivity index (χ2n) is 31.1. The number of nitrogens with one attached hydrogen (secondary N) is 2. The maximum atomic E-state index is 13.4. The summed E-state index contributed by atoms with van der Waals surface area (Å²) in [4.78, 5) is 93.6. The zero-order valence-electron chi connectivity index (χ0n) is 66.7. The molecule has 20 rings (SSSR count). The largest absolute Gasteiger partial charge is 0.476 e. The molecule has 0 radical (unpaired) electrons. The molecule has 624 valence electrons. The average Bonchev–Trinajstić information content (AvgIpc) is 1.56. The van der Waals surface area contributed by atoms with E-state index < -0.39 is 17.8 Å². The van der Waals surface area contributed by atoms with E-state index >= 15 is 0 Å². The summed E-state index contributed by atoms with van der Waals surface area (Å²) in [6, 6.07) is 38.1. The highest BCUT2D eigenvalue weighted by Gasteiger charge is 2.42. The molecular formula is C86H103FN28O5. The molecule has 0 spiro atoms. The number of carbonyl (C=O) groups excluding carboxylic acids is 1. The molecule has 0 aliphatic carbocycles. The number of nitrogens with two attached hydrogens (primary N) is 3. The van der Waals surface area contributed by atoms with Gasteiger partial charge in [-0.3, -0.25) is 4.79 Å². The van der Waals surface area contributed by atoms with Gasteiger partial charge in [0.05, 0.1) is 30.3 Å². The number of pyridine rings is 6. The minimum atomic E-state index is -1.26. The molecule has 8 fully saturated rings. The van der Waals surface area contributed by atoms with Crippen LogP contribution in [0.3, 0.4) is 0 Å². The predicted octanol–water partition coefficient (Wildman–Crippen LogP) is 9.46. The lowest BCUT2D eigenvalue weighted by atomic mass is 10.1. The predicted molar refractivity (Wildman–Crippen MR) is 455 cm³/mol. The van der Waals surface area contributed by atoms with E-state index in [4.69, 9.17) is 46.5 Å². The molecule has 120 heavy (non-hydrogen) atoms. The Morgan fingerprint density at radius 2 is 0.917 bits per heavy atom. The zero-order valence-corrected chi connectivity index (χ0v) is 66.7. The number of fused-ring (bicyclic) bond motifs is 10. The number of anilines is 5. The van der Waals surface area contributed by atoms with Crippen molar-refractivity contribution in [2.45, 2.75) is 141 Å². The fourth-order valence-electron chi connectivity index (χ4n) is 17.4. The molecule has 20 heterocycles. The molecule has 1 amide bonds. The van der Waals surface area contributed by atoms with Gasteiger partial charge in [0.25, 0.3) is 5.91 Å². The van der Waals surface area contributed by atoms with Crippen molar-refractivity contribution in [2.75, 3.05) is 107 Å². The van der Waals surface area contributed by atoms with Crippen LogP contribution in [0.25, 0.3) is 57.0 Å². The molecule has 8 saturated heterocycles. The second-order valence-corrected chi connectivity index (χ2v) is 31.1. The standard InChI is InChI=1S/C29H30N10O2.C16H12N6O3.C13H20N4.C13H16N4.C7H14N2.C6H3FN2.2CH4/c1-17-12-32-22-9-6-18(14-38(17)22)24-25(29-31-10-11-41-29)36-27(30)26(35-24)28(40)33-13-19-4-3-5-23(34-19)39-20-7-8-21(39)16-37(2)15-20;1-8-6-19-10-3-2-9(7-22(8)10)11-12(15-18-4-5-25-15)21-14(17)13(20-11)16(23)24;2*1-16-8-11-5-6-12(9-16)17(11)13-4-2-3-10(7-14)15-13;1-9-4-6-2-3-7(5-9)8-6;7-6-3-1-2-5(4-8)9-6;;/h3-6,9-12,14,20-21H,7-8,13,15-16H2,1-2H3,(H2,30,36)(H,33,40);2-7H,1H3,(H2,17,21)(H,23,24);2-4,11-12H,5-9,14H2,1H3;2-4,11-12H,5-6,8-9H2,1H3;6-8H,2-5H2,1H3;1-3H;2*1H4/t20-,21+;;2*11-,12+;6-,7+;;;. The molecular weight excluding hydrogens is 1520 g/mol. The first-order valence-corrected chi connectivity index (χ1v) is 39.6. The SMILES string of the molecule is C.C.CN1C[C@H]2CC[C@@H](C1)N2.CN1C[C@H]2CC[C@@H](C1)N2c1cccc(C#N)n1.CN1C[C@H]2CC[C@@H](C1)N2c1cccc(CN)n1.Cc1cnc2ccc(-c3nc(C(=O)NCc4cccc(N5[C@@H]6CC[C@H]5CN(C)C6)n4)c(N)nc3-c3ncco3)cn12.Cc1cnc2ccc(-c3nc(C(=O)O)c(N)nc3-c3ncco3)cn12.N#Cc1cccc(F)n1. The van der Waals surface area contributed by atoms with Crippen LogP contribution in [0.2, 0.25) is 0 Å². The molecule has 34 heteroatoms. The second kappa shape index (κ2) is 37.8. The minimum Gasteiger partial charge on any atom is -0.476 e. The zero-order chi connectivity index (χ0) is 82.3. The highest BCUT2D eigenvalue weighted by molar-refractivity contribution is 5.98. The third kappa shape index (κ3) is 19.1. The Balaban J connectivity index is 0.000000135. The third-order valence-electron chi connectivity index (χ3n) is 22.6. The van der Waals surface area contributed by atoms with Gasteiger partial charge >= 0.3 is 5.97 Å². The highest BCUT2D eigenvalue weighted by atomic mass is 19.1. The number of nitrogens with zero attached hydrogens (tertiary/aromatic N) is 23. The van der Waals surface area contributed by atoms with Gasteiger partial charge in [-0.25, -0.2) is 64.6 Å². The summed E-state index contributed by atoms with van der Waals surface area (Å²) in [6.07, 6.45) is 23.3. The molecule has 8 bridgehead atoms. The summed E-state index contributed by atoms with van der Waals surface area (Å²) in [7, 11) is 8.79. The molecule has 0 saturated carbocycles. The summed E-state index contributed by atoms with van der Waals surface area (Å²) in [5.74, 6) is 0.972. The Morgan fingerprint density at radius 1 is 0.508 bits per heavy atom. The van der Waals surface area contributed by atoms with E-state index in [0.717, 1.165) is 103 Å². The molecule has 0 unspecified atom stereocenters. The Bertz CT molecular complexity index is 5580. The van der Waals surface area contributed by atoms with Gasteiger partial charge in [0.1, 0.15) is 76.2 Å². The van der Waals surface area contributed by atoms with Gasteiger partial charge < -0.3 is 84.9 Å². The number of likely N-dealkylation sites (tertiary alicyclic amines) is 4. The maximum absolute atomic E-state index is 13.4. The summed E-state index contributed by atoms with van der Waals surface area (Å²) < 4.78 is 26.7. The lowest BCUT2D eigenvalue weighted by Gasteiger charge is -2.40. The van der Waals surface area contributed by atoms with Gasteiger partial charge in [-0.1, -0.05) is 39.1 Å². The Hall–Kier alpha value is -12.8. The number of halogens is 1. The fraction of sp³-hybridized carbons (Fsp3) is 0.395. The Morgan fingerprint density at radius 3 is 1.34 bits per heavy atom. The summed E-state index contributed by atoms with van der Waals surface area (Å²) in [6.45, 7) is 13.8. The monoisotopic (exact) mass is 1630 g/mol. The van der Waals surface area contributed by atoms with Gasteiger partial charge in [0.2, 0.25) is 17.7 Å². The maximum Gasteiger partial charge on any atom is 0.358 e. The topological polar surface area (TPSA) is 417 Å². The number of aromatic nitrogens is 14. The van der Waals surface area contributed by atoms with Gasteiger partial charge in [-0.15, -0.1) is 0 Å². The van der Waals surface area contributed by atoms with Crippen LogP contribution in [0.15, 0.2) is 156 Å². The van der Waals surface area contributed by atoms with Crippen molar-refractivity contribution in [2.24, 2.45) is 5.73 Å². The summed E-state index contributed by atoms with van der Waals surface area (Å²) in [5, 5.41) is 32.9. The highest BCUT2D eigenvalue weighted by Crippen LogP contribution is 2.38. The van der Waals surface area contributed by atoms with Crippen LogP contribution < -0.4 is 42.5 Å². The number of aromatic carboxylic acids is 1. The number of nitrogen functional groups attached to an aromatic ring is 2. The van der Waals surface area contributed by atoms with Crippen LogP contribution in [0.5, 0.6) is 0 Å². The van der Waals surface area contributed by atoms with Crippen molar-refractivity contribution in [3.8, 4) is 57.8 Å². The number of likely N-dealkylation sites (N-methyl/N-ethyl adjacent to an activating group) is 4. The Labute approximate surface area is 696 Å². The first kappa shape index (κ1) is 85.1. The molecule has 12 aromatic heterocycles. The van der Waals surface area contributed by atoms with E-state index in [1.54, 1.807) is 42.9 Å². The van der Waals surface area contributed by atoms with Crippen LogP contribution in [-0.2, 0) is 13.1 Å². The van der Waals surface area contributed by atoms with Gasteiger partial charge in [0, 0.05) is 155 Å². The molecule has 8 aliphatic heterocycles. The number of hydrogen-bond donors (Lipinski definition) is 6. The van der Waals surface area contributed by atoms with E-state index in [2.05, 4.69) is 147 Å². The van der Waals surface area contributed by atoms with E-state index in [0.29, 0.717) is 76.7 Å². The molecule has 9 N–H and O–H groups in total. The van der Waals surface area contributed by atoms with Crippen molar-refractivity contribution in [3.63, 3.8) is 0 Å². The van der Waals surface area contributed by atoms with E-state index in [-0.39, 0.29) is 67.6 Å². The van der Waals surface area contributed by atoms with E-state index in [1.807, 2.05) is 71.3 Å². The number of piperazine rings is 4. The number of rotatable bonds is 12. The van der Waals surface area contributed by atoms with Gasteiger partial charge in [0.15, 0.2) is 34.4 Å². The molecule has 0 aromatic carbocycles. The van der Waals surface area contributed by atoms with E-state index in [1.165, 1.54) is 108 Å². The first-order chi connectivity index (χ1) is 57.2. The van der Waals surface area contributed by atoms with Crippen molar-refractivity contribution in [1.29, 1.82) is 10.5 Å². The number of carboxylic acids is 1. The lowest BCUT2D eigenvalue weighted by Crippen LogP contribution is -2.52. The van der Waals surface area contributed by atoms with Crippen LogP contribution in [0.4, 0.5) is 33.5 Å². The number of aryl methyl sites for hydroxylation is 2. The molecule has 33 nitrogen and oxygen atoms in total. The third-order valence-corrected chi connectivity index (χ3v) is 22.6. The molecule has 8 atom stereocenters. The van der Waals surface area contributed by atoms with Gasteiger partial charge in [-0.2, -0.15) is 14.9 Å². The van der Waals surface area contributed by atoms with Crippen LogP contribution in [0.1, 0.15) is 121 Å². The first-order valence-electron chi connectivity index (χ1n) is 39.6.